The van der Waals surface area contributed by atoms with Gasteiger partial charge in [0.05, 0.1) is 13.7 Å². The Morgan fingerprint density at radius 1 is 1.11 bits per heavy atom. The van der Waals surface area contributed by atoms with Crippen LogP contribution in [0.15, 0.2) is 47.6 Å². The van der Waals surface area contributed by atoms with Gasteiger partial charge in [-0.2, -0.15) is 0 Å². The van der Waals surface area contributed by atoms with Crippen molar-refractivity contribution in [3.63, 3.8) is 0 Å². The minimum Gasteiger partial charge on any atom is -0.497 e. The zero-order valence-corrected chi connectivity index (χ0v) is 21.2. The van der Waals surface area contributed by atoms with E-state index < -0.39 is 17.5 Å². The number of benzene rings is 2. The lowest BCUT2D eigenvalue weighted by atomic mass is 9.99. The summed E-state index contributed by atoms with van der Waals surface area (Å²) in [6.45, 7) is 3.42. The fraction of sp³-hybridized carbons (Fsp3) is 0.333. The van der Waals surface area contributed by atoms with Gasteiger partial charge in [-0.1, -0.05) is 23.1 Å². The molecule has 5 rings (SSSR count). The predicted molar refractivity (Wildman–Crippen MR) is 138 cm³/mol. The molecule has 0 spiro atoms. The average Bonchev–Trinajstić information content (AvgIpc) is 3.38. The quantitative estimate of drug-likeness (QED) is 0.136. The van der Waals surface area contributed by atoms with Crippen LogP contribution in [0.25, 0.3) is 0 Å². The normalized spacial score (nSPS) is 21.5. The lowest BCUT2D eigenvalue weighted by Crippen LogP contribution is -2.54. The summed E-state index contributed by atoms with van der Waals surface area (Å²) in [5, 5.41) is 18.0. The van der Waals surface area contributed by atoms with Crippen LogP contribution in [0.3, 0.4) is 0 Å². The molecule has 3 heterocycles. The van der Waals surface area contributed by atoms with E-state index in [1.54, 1.807) is 36.4 Å². The van der Waals surface area contributed by atoms with Crippen LogP contribution in [0.1, 0.15) is 27.0 Å². The number of nitrogens with zero attached hydrogens (tertiary/aromatic N) is 4. The summed E-state index contributed by atoms with van der Waals surface area (Å²) in [5.41, 5.74) is 1.03. The largest absolute Gasteiger partial charge is 0.497 e. The fourth-order valence-electron chi connectivity index (χ4n) is 4.82. The maximum atomic E-state index is 13.1. The third-order valence-electron chi connectivity index (χ3n) is 7.03. The molecule has 0 aromatic heterocycles. The number of piperazine rings is 1. The predicted octanol–water partition coefficient (Wildman–Crippen LogP) is 0.664. The summed E-state index contributed by atoms with van der Waals surface area (Å²) in [4.78, 5) is 43.8. The number of nitrogens with one attached hydrogen (secondary N) is 2. The van der Waals surface area contributed by atoms with Gasteiger partial charge in [-0.15, -0.1) is 0 Å². The van der Waals surface area contributed by atoms with Crippen LogP contribution in [0, 0.1) is 11.8 Å². The van der Waals surface area contributed by atoms with Gasteiger partial charge in [0.25, 0.3) is 11.8 Å². The second kappa shape index (κ2) is 10.1. The van der Waals surface area contributed by atoms with E-state index in [-0.39, 0.29) is 19.0 Å². The third kappa shape index (κ3) is 4.73. The maximum absolute atomic E-state index is 13.1. The van der Waals surface area contributed by atoms with Crippen molar-refractivity contribution in [1.82, 2.24) is 25.3 Å². The topological polar surface area (TPSA) is 127 Å². The van der Waals surface area contributed by atoms with Crippen molar-refractivity contribution in [3.05, 3.63) is 64.7 Å². The van der Waals surface area contributed by atoms with Gasteiger partial charge in [0.15, 0.2) is 5.84 Å². The summed E-state index contributed by atoms with van der Waals surface area (Å²) >= 11 is 0. The zero-order valence-electron chi connectivity index (χ0n) is 21.2. The monoisotopic (exact) mass is 516 g/mol. The first-order chi connectivity index (χ1) is 18.3. The number of methoxy groups -OCH3 is 1. The van der Waals surface area contributed by atoms with Crippen molar-refractivity contribution in [3.8, 4) is 17.6 Å². The van der Waals surface area contributed by atoms with Crippen LogP contribution < -0.4 is 15.4 Å². The summed E-state index contributed by atoms with van der Waals surface area (Å²) in [6.07, 6.45) is 0. The minimum absolute atomic E-state index is 0.115. The number of urea groups is 1. The van der Waals surface area contributed by atoms with E-state index >= 15 is 0 Å². The molecule has 2 aromatic carbocycles. The highest BCUT2D eigenvalue weighted by atomic mass is 16.5. The molecule has 0 saturated carbocycles. The van der Waals surface area contributed by atoms with E-state index in [0.717, 1.165) is 37.3 Å². The van der Waals surface area contributed by atoms with E-state index in [2.05, 4.69) is 39.6 Å². The zero-order chi connectivity index (χ0) is 26.9. The van der Waals surface area contributed by atoms with Gasteiger partial charge in [-0.05, 0) is 49.0 Å². The third-order valence-corrected chi connectivity index (χ3v) is 7.03. The number of amidine groups is 1. The van der Waals surface area contributed by atoms with Crippen LogP contribution in [0.2, 0.25) is 0 Å². The van der Waals surface area contributed by atoms with Gasteiger partial charge in [0, 0.05) is 49.4 Å². The number of likely N-dealkylation sites (N-methyl/N-ethyl adjacent to an activating group) is 1. The van der Waals surface area contributed by atoms with E-state index in [9.17, 15) is 19.6 Å². The molecule has 11 nitrogen and oxygen atoms in total. The minimum atomic E-state index is -1.60. The molecule has 11 heteroatoms. The highest BCUT2D eigenvalue weighted by Gasteiger charge is 2.48. The van der Waals surface area contributed by atoms with Crippen molar-refractivity contribution in [2.24, 2.45) is 5.16 Å². The lowest BCUT2D eigenvalue weighted by Gasteiger charge is -2.34. The van der Waals surface area contributed by atoms with Gasteiger partial charge in [0.1, 0.15) is 5.75 Å². The maximum Gasteiger partial charge on any atom is 0.323 e. The second-order valence-corrected chi connectivity index (χ2v) is 9.54. The highest BCUT2D eigenvalue weighted by molar-refractivity contribution is 6.10. The SMILES string of the molecule is COc1ccc2c(c1)C(=O)N(C[C@@]1(C#Cc3ccc(/C(=N\O)N4CCN(C)CC4)cc3)NC(=O)NC1=O)C2. The first-order valence-corrected chi connectivity index (χ1v) is 12.2. The molecular formula is C27H28N6O5. The molecule has 3 aliphatic rings. The number of hydrogen-bond donors (Lipinski definition) is 3. The highest BCUT2D eigenvalue weighted by Crippen LogP contribution is 2.28. The van der Waals surface area contributed by atoms with Crippen LogP contribution in [-0.2, 0) is 11.3 Å². The van der Waals surface area contributed by atoms with E-state index in [4.69, 9.17) is 4.74 Å². The number of oxime groups is 1. The smallest absolute Gasteiger partial charge is 0.323 e. The number of ether oxygens (including phenoxy) is 1. The molecular weight excluding hydrogens is 488 g/mol. The van der Waals surface area contributed by atoms with E-state index in [0.29, 0.717) is 22.7 Å². The van der Waals surface area contributed by atoms with Crippen LogP contribution in [-0.4, -0.2) is 96.0 Å². The number of fused-ring (bicyclic) bond motifs is 1. The van der Waals surface area contributed by atoms with Gasteiger partial charge in [0.2, 0.25) is 5.54 Å². The fourth-order valence-corrected chi connectivity index (χ4v) is 4.82. The molecule has 0 aliphatic carbocycles. The molecule has 0 unspecified atom stereocenters. The van der Waals surface area contributed by atoms with E-state index in [1.165, 1.54) is 12.0 Å². The Morgan fingerprint density at radius 3 is 2.47 bits per heavy atom. The van der Waals surface area contributed by atoms with Crippen molar-refractivity contribution in [1.29, 1.82) is 0 Å². The number of imide groups is 1. The molecule has 2 saturated heterocycles. The Bertz CT molecular complexity index is 1370. The average molecular weight is 517 g/mol. The molecule has 2 aromatic rings. The van der Waals surface area contributed by atoms with Gasteiger partial charge in [-0.25, -0.2) is 4.79 Å². The Balaban J connectivity index is 1.36. The summed E-state index contributed by atoms with van der Waals surface area (Å²) in [7, 11) is 3.58. The number of hydrogen-bond acceptors (Lipinski definition) is 7. The number of amides is 4. The first kappa shape index (κ1) is 25.1. The Morgan fingerprint density at radius 2 is 1.84 bits per heavy atom. The van der Waals surface area contributed by atoms with Gasteiger partial charge in [-0.3, -0.25) is 14.9 Å². The van der Waals surface area contributed by atoms with Gasteiger partial charge < -0.3 is 30.0 Å². The van der Waals surface area contributed by atoms with E-state index in [1.807, 2.05) is 11.0 Å². The second-order valence-electron chi connectivity index (χ2n) is 9.54. The summed E-state index contributed by atoms with van der Waals surface area (Å²) < 4.78 is 5.22. The van der Waals surface area contributed by atoms with Crippen molar-refractivity contribution >= 4 is 23.7 Å². The standard InChI is InChI=1S/C27H28N6O5/c1-31-11-13-32(14-12-31)23(30-37)19-5-3-18(4-6-19)9-10-27(25(35)28-26(36)29-27)17-33-16-20-7-8-21(38-2)15-22(20)24(33)34/h3-8,15,37H,11-14,16-17H2,1-2H3,(H2,28,29,35,36)/b30-23+/t27-/m1/s1. The molecule has 2 fully saturated rings. The van der Waals surface area contributed by atoms with Crippen molar-refractivity contribution in [2.75, 3.05) is 46.9 Å². The van der Waals surface area contributed by atoms with Crippen molar-refractivity contribution < 1.29 is 24.3 Å². The molecule has 1 atom stereocenters. The Kier molecular flexibility index (Phi) is 6.65. The number of rotatable bonds is 4. The van der Waals surface area contributed by atoms with Crippen molar-refractivity contribution in [2.45, 2.75) is 12.1 Å². The summed E-state index contributed by atoms with van der Waals surface area (Å²) in [5.74, 6) is 6.05. The first-order valence-electron chi connectivity index (χ1n) is 12.2. The van der Waals surface area contributed by atoms with Crippen LogP contribution in [0.4, 0.5) is 4.79 Å². The van der Waals surface area contributed by atoms with Crippen LogP contribution in [0.5, 0.6) is 5.75 Å². The molecule has 4 amide bonds. The molecule has 0 bridgehead atoms. The molecule has 3 aliphatic heterocycles. The molecule has 38 heavy (non-hydrogen) atoms. The Hall–Kier alpha value is -4.56. The molecule has 3 N–H and O–H groups in total. The molecule has 196 valence electrons. The van der Waals surface area contributed by atoms with Gasteiger partial charge >= 0.3 is 6.03 Å². The molecule has 0 radical (unpaired) electrons. The van der Waals surface area contributed by atoms with Crippen LogP contribution >= 0.6 is 0 Å². The summed E-state index contributed by atoms with van der Waals surface area (Å²) in [6, 6.07) is 11.7. The Labute approximate surface area is 220 Å². The number of carbonyl (C=O) groups is 3. The number of carbonyl (C=O) groups excluding carboxylic acids is 3. The lowest BCUT2D eigenvalue weighted by molar-refractivity contribution is -0.122.